The first-order chi connectivity index (χ1) is 25.2. The van der Waals surface area contributed by atoms with Crippen molar-refractivity contribution in [3.8, 4) is 44.8 Å². The molecule has 0 aliphatic rings. The molecule has 7 aromatic carbocycles. The Bertz CT molecular complexity index is 2720. The molecule has 0 radical (unpaired) electrons. The average Bonchev–Trinajstić information content (AvgIpc) is 3.70. The minimum absolute atomic E-state index is 1.12. The SMILES string of the molecule is C=Cc1c(/C=C\C)n(-c2cccc(-c3cc(-c4ccccc4)cc(-c4cccc(-n5c6ccccc6c6ccccc65)c4)c3)c2)c2ccccc12. The van der Waals surface area contributed by atoms with Gasteiger partial charge in [-0.15, -0.1) is 0 Å². The van der Waals surface area contributed by atoms with E-state index in [0.717, 1.165) is 28.2 Å². The van der Waals surface area contributed by atoms with Gasteiger partial charge in [-0.2, -0.15) is 0 Å². The van der Waals surface area contributed by atoms with E-state index in [1.165, 1.54) is 60.5 Å². The number of hydrogen-bond donors (Lipinski definition) is 0. The number of benzene rings is 7. The summed E-state index contributed by atoms with van der Waals surface area (Å²) in [6.07, 6.45) is 6.26. The van der Waals surface area contributed by atoms with Crippen molar-refractivity contribution >= 4 is 44.9 Å². The normalized spacial score (nSPS) is 11.6. The quantitative estimate of drug-likeness (QED) is 0.162. The zero-order valence-electron chi connectivity index (χ0n) is 28.5. The van der Waals surface area contributed by atoms with E-state index in [2.05, 4.69) is 205 Å². The summed E-state index contributed by atoms with van der Waals surface area (Å²) in [5.74, 6) is 0. The highest BCUT2D eigenvalue weighted by Gasteiger charge is 2.16. The summed E-state index contributed by atoms with van der Waals surface area (Å²) in [5.41, 5.74) is 15.2. The molecule has 0 saturated carbocycles. The van der Waals surface area contributed by atoms with Gasteiger partial charge < -0.3 is 9.13 Å². The van der Waals surface area contributed by atoms with Crippen LogP contribution in [0.15, 0.2) is 183 Å². The van der Waals surface area contributed by atoms with E-state index in [9.17, 15) is 0 Å². The molecule has 0 saturated heterocycles. The molecule has 2 heterocycles. The van der Waals surface area contributed by atoms with Crippen molar-refractivity contribution in [3.63, 3.8) is 0 Å². The van der Waals surface area contributed by atoms with Crippen LogP contribution in [0.25, 0.3) is 89.6 Å². The van der Waals surface area contributed by atoms with Gasteiger partial charge in [0.2, 0.25) is 0 Å². The van der Waals surface area contributed by atoms with E-state index >= 15 is 0 Å². The van der Waals surface area contributed by atoms with Crippen LogP contribution >= 0.6 is 0 Å². The number of fused-ring (bicyclic) bond motifs is 4. The van der Waals surface area contributed by atoms with Crippen molar-refractivity contribution in [1.82, 2.24) is 9.13 Å². The molecular formula is C49H36N2. The molecule has 2 heteroatoms. The molecule has 51 heavy (non-hydrogen) atoms. The van der Waals surface area contributed by atoms with E-state index in [1.807, 2.05) is 6.08 Å². The third-order valence-corrected chi connectivity index (χ3v) is 9.98. The highest BCUT2D eigenvalue weighted by atomic mass is 15.0. The van der Waals surface area contributed by atoms with E-state index < -0.39 is 0 Å². The van der Waals surface area contributed by atoms with E-state index in [0.29, 0.717) is 0 Å². The van der Waals surface area contributed by atoms with Crippen molar-refractivity contribution in [2.75, 3.05) is 0 Å². The maximum absolute atomic E-state index is 4.18. The van der Waals surface area contributed by atoms with Crippen molar-refractivity contribution in [2.45, 2.75) is 6.92 Å². The third-order valence-electron chi connectivity index (χ3n) is 9.98. The topological polar surface area (TPSA) is 9.86 Å². The summed E-state index contributed by atoms with van der Waals surface area (Å²) >= 11 is 0. The molecule has 0 N–H and O–H groups in total. The molecule has 9 rings (SSSR count). The van der Waals surface area contributed by atoms with E-state index in [4.69, 9.17) is 0 Å². The Morgan fingerprint density at radius 3 is 1.41 bits per heavy atom. The van der Waals surface area contributed by atoms with Gasteiger partial charge in [-0.25, -0.2) is 0 Å². The second-order valence-electron chi connectivity index (χ2n) is 13.0. The summed E-state index contributed by atoms with van der Waals surface area (Å²) in [4.78, 5) is 0. The van der Waals surface area contributed by atoms with Gasteiger partial charge >= 0.3 is 0 Å². The fourth-order valence-electron chi connectivity index (χ4n) is 7.71. The summed E-state index contributed by atoms with van der Waals surface area (Å²) in [5, 5.41) is 3.72. The van der Waals surface area contributed by atoms with Gasteiger partial charge in [0, 0.05) is 33.1 Å². The lowest BCUT2D eigenvalue weighted by molar-refractivity contribution is 1.11. The molecule has 0 spiro atoms. The number of hydrogen-bond acceptors (Lipinski definition) is 0. The van der Waals surface area contributed by atoms with Crippen LogP contribution in [-0.2, 0) is 0 Å². The Hall–Kier alpha value is -6.64. The Balaban J connectivity index is 1.23. The van der Waals surface area contributed by atoms with Crippen LogP contribution in [0.5, 0.6) is 0 Å². The van der Waals surface area contributed by atoms with Gasteiger partial charge in [-0.05, 0) is 107 Å². The van der Waals surface area contributed by atoms with Gasteiger partial charge in [0.05, 0.1) is 22.2 Å². The van der Waals surface area contributed by atoms with Gasteiger partial charge in [-0.1, -0.05) is 128 Å². The molecule has 2 aromatic heterocycles. The van der Waals surface area contributed by atoms with Gasteiger partial charge in [0.25, 0.3) is 0 Å². The molecule has 0 bridgehead atoms. The Kier molecular flexibility index (Phi) is 7.56. The smallest absolute Gasteiger partial charge is 0.0541 e. The molecule has 0 aliphatic carbocycles. The minimum Gasteiger partial charge on any atom is -0.309 e. The first kappa shape index (κ1) is 30.4. The fraction of sp³-hybridized carbons (Fsp3) is 0.0204. The second kappa shape index (κ2) is 12.7. The molecule has 0 amide bonds. The van der Waals surface area contributed by atoms with Crippen LogP contribution in [0.3, 0.4) is 0 Å². The second-order valence-corrected chi connectivity index (χ2v) is 13.0. The fourth-order valence-corrected chi connectivity index (χ4v) is 7.71. The monoisotopic (exact) mass is 652 g/mol. The Labute approximate surface area is 298 Å². The highest BCUT2D eigenvalue weighted by Crippen LogP contribution is 2.38. The predicted molar refractivity (Wildman–Crippen MR) is 219 cm³/mol. The summed E-state index contributed by atoms with van der Waals surface area (Å²) < 4.78 is 4.74. The molecule has 9 aromatic rings. The first-order valence-corrected chi connectivity index (χ1v) is 17.5. The summed E-state index contributed by atoms with van der Waals surface area (Å²) in [7, 11) is 0. The van der Waals surface area contributed by atoms with Crippen LogP contribution < -0.4 is 0 Å². The van der Waals surface area contributed by atoms with Crippen LogP contribution in [-0.4, -0.2) is 9.13 Å². The number of aromatic nitrogens is 2. The Morgan fingerprint density at radius 2 is 0.863 bits per heavy atom. The third kappa shape index (κ3) is 5.21. The van der Waals surface area contributed by atoms with Crippen molar-refractivity contribution in [3.05, 3.63) is 194 Å². The predicted octanol–water partition coefficient (Wildman–Crippen LogP) is 13.4. The van der Waals surface area contributed by atoms with E-state index in [1.54, 1.807) is 0 Å². The largest absolute Gasteiger partial charge is 0.309 e. The van der Waals surface area contributed by atoms with Crippen LogP contribution in [0.1, 0.15) is 18.2 Å². The molecule has 0 unspecified atom stereocenters. The van der Waals surface area contributed by atoms with Crippen LogP contribution in [0, 0.1) is 0 Å². The standard InChI is InChI=1S/C49H36N2/c1-3-16-46-42(4-2)43-23-8-11-26-47(43)50(46)40-21-14-19-35(32-40)38-29-37(34-17-6-5-7-18-34)30-39(31-38)36-20-15-22-41(33-36)51-48-27-12-9-24-44(48)45-25-10-13-28-49(45)51/h3-33H,2H2,1H3/b16-3-. The summed E-state index contributed by atoms with van der Waals surface area (Å²) in [6.45, 7) is 6.24. The van der Waals surface area contributed by atoms with E-state index in [-0.39, 0.29) is 0 Å². The molecule has 2 nitrogen and oxygen atoms in total. The highest BCUT2D eigenvalue weighted by molar-refractivity contribution is 6.09. The van der Waals surface area contributed by atoms with Crippen LogP contribution in [0.4, 0.5) is 0 Å². The van der Waals surface area contributed by atoms with Crippen molar-refractivity contribution < 1.29 is 0 Å². The molecule has 242 valence electrons. The Morgan fingerprint density at radius 1 is 0.412 bits per heavy atom. The van der Waals surface area contributed by atoms with Crippen molar-refractivity contribution in [2.24, 2.45) is 0 Å². The molecular weight excluding hydrogens is 617 g/mol. The lowest BCUT2D eigenvalue weighted by atomic mass is 9.93. The zero-order chi connectivity index (χ0) is 34.3. The summed E-state index contributed by atoms with van der Waals surface area (Å²) in [6, 6.07) is 61.5. The molecule has 0 aliphatic heterocycles. The van der Waals surface area contributed by atoms with Crippen molar-refractivity contribution in [1.29, 1.82) is 0 Å². The van der Waals surface area contributed by atoms with Gasteiger partial charge in [0.1, 0.15) is 0 Å². The molecule has 0 fully saturated rings. The minimum atomic E-state index is 1.12. The lowest BCUT2D eigenvalue weighted by Gasteiger charge is -2.15. The number of allylic oxidation sites excluding steroid dienone is 1. The number of para-hydroxylation sites is 3. The number of rotatable bonds is 7. The van der Waals surface area contributed by atoms with Crippen LogP contribution in [0.2, 0.25) is 0 Å². The number of nitrogens with zero attached hydrogens (tertiary/aromatic N) is 2. The van der Waals surface area contributed by atoms with Gasteiger partial charge in [-0.3, -0.25) is 0 Å². The lowest BCUT2D eigenvalue weighted by Crippen LogP contribution is -1.97. The van der Waals surface area contributed by atoms with Gasteiger partial charge in [0.15, 0.2) is 0 Å². The maximum Gasteiger partial charge on any atom is 0.0541 e. The maximum atomic E-state index is 4.18. The molecule has 0 atom stereocenters. The average molecular weight is 653 g/mol. The first-order valence-electron chi connectivity index (χ1n) is 17.5. The zero-order valence-corrected chi connectivity index (χ0v) is 28.5.